The van der Waals surface area contributed by atoms with Gasteiger partial charge < -0.3 is 10.1 Å². The number of anilines is 1. The molecule has 0 bridgehead atoms. The van der Waals surface area contributed by atoms with Gasteiger partial charge >= 0.3 is 5.97 Å². The van der Waals surface area contributed by atoms with Crippen molar-refractivity contribution in [2.24, 2.45) is 5.92 Å². The van der Waals surface area contributed by atoms with Gasteiger partial charge in [-0.15, -0.1) is 0 Å². The third-order valence-electron chi connectivity index (χ3n) is 4.89. The Hall–Kier alpha value is -3.53. The van der Waals surface area contributed by atoms with Crippen LogP contribution in [0.3, 0.4) is 0 Å². The number of benzene rings is 2. The average molecular weight is 458 g/mol. The Kier molecular flexibility index (Phi) is 6.45. The van der Waals surface area contributed by atoms with Gasteiger partial charge in [-0.1, -0.05) is 26.0 Å². The van der Waals surface area contributed by atoms with Crippen LogP contribution in [-0.4, -0.2) is 55.9 Å². The Bertz CT molecular complexity index is 1150. The molecule has 0 radical (unpaired) electrons. The first kappa shape index (κ1) is 23.1. The highest BCUT2D eigenvalue weighted by molar-refractivity contribution is 7.90. The molecule has 0 fully saturated rings. The van der Waals surface area contributed by atoms with Gasteiger partial charge in [0.15, 0.2) is 16.4 Å². The van der Waals surface area contributed by atoms with Crippen molar-refractivity contribution in [2.75, 3.05) is 18.2 Å². The summed E-state index contributed by atoms with van der Waals surface area (Å²) in [7, 11) is -3.37. The van der Waals surface area contributed by atoms with Crippen molar-refractivity contribution in [1.82, 2.24) is 4.90 Å². The Labute approximate surface area is 185 Å². The van der Waals surface area contributed by atoms with Gasteiger partial charge in [-0.05, 0) is 42.3 Å². The lowest BCUT2D eigenvalue weighted by Gasteiger charge is -2.27. The van der Waals surface area contributed by atoms with Crippen LogP contribution in [0, 0.1) is 5.92 Å². The van der Waals surface area contributed by atoms with Crippen molar-refractivity contribution >= 4 is 39.2 Å². The molecule has 0 aliphatic carbocycles. The number of carbonyl (C=O) groups excluding carboxylic acids is 4. The van der Waals surface area contributed by atoms with Crippen LogP contribution in [0.25, 0.3) is 0 Å². The number of carbonyl (C=O) groups is 4. The molecule has 3 amide bonds. The molecule has 2 aromatic carbocycles. The topological polar surface area (TPSA) is 127 Å². The van der Waals surface area contributed by atoms with Crippen LogP contribution in [0.4, 0.5) is 5.69 Å². The fourth-order valence-corrected chi connectivity index (χ4v) is 3.97. The van der Waals surface area contributed by atoms with Crippen molar-refractivity contribution < 1.29 is 32.3 Å². The number of sulfone groups is 1. The van der Waals surface area contributed by atoms with Crippen molar-refractivity contribution in [3.63, 3.8) is 0 Å². The molecule has 0 unspecified atom stereocenters. The Morgan fingerprint density at radius 1 is 0.969 bits per heavy atom. The number of amides is 3. The van der Waals surface area contributed by atoms with Crippen LogP contribution in [0.5, 0.6) is 0 Å². The lowest BCUT2D eigenvalue weighted by molar-refractivity contribution is -0.152. The van der Waals surface area contributed by atoms with Crippen molar-refractivity contribution in [3.05, 3.63) is 59.7 Å². The first-order valence-corrected chi connectivity index (χ1v) is 11.6. The second-order valence-corrected chi connectivity index (χ2v) is 9.68. The van der Waals surface area contributed by atoms with Gasteiger partial charge in [-0.2, -0.15) is 0 Å². The molecule has 1 aliphatic heterocycles. The molecule has 0 saturated heterocycles. The summed E-state index contributed by atoms with van der Waals surface area (Å²) >= 11 is 0. The van der Waals surface area contributed by atoms with Crippen molar-refractivity contribution in [2.45, 2.75) is 24.8 Å². The highest BCUT2D eigenvalue weighted by atomic mass is 32.2. The van der Waals surface area contributed by atoms with E-state index in [1.54, 1.807) is 26.0 Å². The number of hydrogen-bond acceptors (Lipinski definition) is 7. The summed E-state index contributed by atoms with van der Waals surface area (Å²) < 4.78 is 28.1. The van der Waals surface area contributed by atoms with E-state index in [0.717, 1.165) is 11.2 Å². The maximum absolute atomic E-state index is 12.7. The second-order valence-electron chi connectivity index (χ2n) is 7.67. The van der Waals surface area contributed by atoms with E-state index in [0.29, 0.717) is 5.69 Å². The summed E-state index contributed by atoms with van der Waals surface area (Å²) in [5, 5.41) is 2.49. The number of nitrogens with one attached hydrogen (secondary N) is 1. The van der Waals surface area contributed by atoms with Crippen LogP contribution >= 0.6 is 0 Å². The molecule has 2 aromatic rings. The Balaban J connectivity index is 1.65. The summed E-state index contributed by atoms with van der Waals surface area (Å²) in [6, 6.07) is 10.6. The third-order valence-corrected chi connectivity index (χ3v) is 6.02. The molecular formula is C22H22N2O7S. The SMILES string of the molecule is CC(C)[C@@H](C(=O)OCC(=O)Nc1ccc(S(C)(=O)=O)cc1)N1C(=O)c2ccccc2C1=O. The summed E-state index contributed by atoms with van der Waals surface area (Å²) in [5.41, 5.74) is 0.747. The number of rotatable bonds is 7. The van der Waals surface area contributed by atoms with Crippen molar-refractivity contribution in [1.29, 1.82) is 0 Å². The maximum Gasteiger partial charge on any atom is 0.330 e. The second kappa shape index (κ2) is 8.91. The van der Waals surface area contributed by atoms with Crippen LogP contribution in [0.1, 0.15) is 34.6 Å². The zero-order chi connectivity index (χ0) is 23.6. The van der Waals surface area contributed by atoms with E-state index in [4.69, 9.17) is 4.74 Å². The highest BCUT2D eigenvalue weighted by Crippen LogP contribution is 2.27. The molecule has 9 nitrogen and oxygen atoms in total. The number of hydrogen-bond donors (Lipinski definition) is 1. The molecular weight excluding hydrogens is 436 g/mol. The standard InChI is InChI=1S/C22H22N2O7S/c1-13(2)19(24-20(26)16-6-4-5-7-17(16)21(24)27)22(28)31-12-18(25)23-14-8-10-15(11-9-14)32(3,29)30/h4-11,13,19H,12H2,1-3H3,(H,23,25)/t19-/m0/s1. The van der Waals surface area contributed by atoms with E-state index in [1.807, 2.05) is 0 Å². The third kappa shape index (κ3) is 4.70. The maximum atomic E-state index is 12.7. The highest BCUT2D eigenvalue weighted by Gasteiger charge is 2.44. The summed E-state index contributed by atoms with van der Waals surface area (Å²) in [4.78, 5) is 51.3. The molecule has 10 heteroatoms. The molecule has 1 N–H and O–H groups in total. The van der Waals surface area contributed by atoms with Gasteiger partial charge in [0.2, 0.25) is 0 Å². The normalized spacial score (nSPS) is 14.3. The lowest BCUT2D eigenvalue weighted by atomic mass is 10.0. The van der Waals surface area contributed by atoms with E-state index in [2.05, 4.69) is 5.32 Å². The minimum atomic E-state index is -3.37. The van der Waals surface area contributed by atoms with E-state index < -0.39 is 52.1 Å². The van der Waals surface area contributed by atoms with E-state index in [-0.39, 0.29) is 16.0 Å². The first-order chi connectivity index (χ1) is 15.0. The average Bonchev–Trinajstić information content (AvgIpc) is 2.97. The summed E-state index contributed by atoms with van der Waals surface area (Å²) in [6.07, 6.45) is 1.07. The van der Waals surface area contributed by atoms with Crippen LogP contribution in [0.2, 0.25) is 0 Å². The van der Waals surface area contributed by atoms with Gasteiger partial charge in [-0.3, -0.25) is 19.3 Å². The zero-order valence-corrected chi connectivity index (χ0v) is 18.5. The van der Waals surface area contributed by atoms with Gasteiger partial charge in [0.1, 0.15) is 6.04 Å². The van der Waals surface area contributed by atoms with Crippen LogP contribution in [0.15, 0.2) is 53.4 Å². The molecule has 1 atom stereocenters. The molecule has 1 aliphatic rings. The number of esters is 1. The minimum Gasteiger partial charge on any atom is -0.454 e. The minimum absolute atomic E-state index is 0.0997. The van der Waals surface area contributed by atoms with Crippen LogP contribution < -0.4 is 5.32 Å². The molecule has 1 heterocycles. The fraction of sp³-hybridized carbons (Fsp3) is 0.273. The molecule has 0 aromatic heterocycles. The van der Waals surface area contributed by atoms with Gasteiger partial charge in [0.25, 0.3) is 17.7 Å². The molecule has 32 heavy (non-hydrogen) atoms. The number of ether oxygens (including phenoxy) is 1. The predicted octanol–water partition coefficient (Wildman–Crippen LogP) is 1.89. The Morgan fingerprint density at radius 3 is 1.97 bits per heavy atom. The zero-order valence-electron chi connectivity index (χ0n) is 17.7. The fourth-order valence-electron chi connectivity index (χ4n) is 3.34. The largest absolute Gasteiger partial charge is 0.454 e. The Morgan fingerprint density at radius 2 is 1.50 bits per heavy atom. The first-order valence-electron chi connectivity index (χ1n) is 9.74. The van der Waals surface area contributed by atoms with E-state index in [1.165, 1.54) is 36.4 Å². The number of imide groups is 1. The lowest BCUT2D eigenvalue weighted by Crippen LogP contribution is -2.49. The van der Waals surface area contributed by atoms with E-state index >= 15 is 0 Å². The smallest absolute Gasteiger partial charge is 0.330 e. The molecule has 0 saturated carbocycles. The summed E-state index contributed by atoms with van der Waals surface area (Å²) in [6.45, 7) is 2.69. The molecule has 168 valence electrons. The van der Waals surface area contributed by atoms with Gasteiger partial charge in [0.05, 0.1) is 16.0 Å². The predicted molar refractivity (Wildman–Crippen MR) is 115 cm³/mol. The number of nitrogens with zero attached hydrogens (tertiary/aromatic N) is 1. The van der Waals surface area contributed by atoms with Gasteiger partial charge in [-0.25, -0.2) is 13.2 Å². The summed E-state index contributed by atoms with van der Waals surface area (Å²) in [5.74, 6) is -3.16. The molecule has 3 rings (SSSR count). The monoisotopic (exact) mass is 458 g/mol. The van der Waals surface area contributed by atoms with E-state index in [9.17, 15) is 27.6 Å². The van der Waals surface area contributed by atoms with Crippen molar-refractivity contribution in [3.8, 4) is 0 Å². The molecule has 0 spiro atoms. The van der Waals surface area contributed by atoms with Crippen LogP contribution in [-0.2, 0) is 24.2 Å². The number of fused-ring (bicyclic) bond motifs is 1. The van der Waals surface area contributed by atoms with Gasteiger partial charge in [0, 0.05) is 11.9 Å². The quantitative estimate of drug-likeness (QED) is 0.496.